The largest absolute Gasteiger partial charge is 0.351 e. The molecule has 0 radical (unpaired) electrons. The van der Waals surface area contributed by atoms with Crippen molar-refractivity contribution in [2.24, 2.45) is 0 Å². The fourth-order valence-electron chi connectivity index (χ4n) is 3.08. The summed E-state index contributed by atoms with van der Waals surface area (Å²) < 4.78 is 2.28. The molecule has 4 heterocycles. The van der Waals surface area contributed by atoms with Gasteiger partial charge in [0, 0.05) is 35.8 Å². The van der Waals surface area contributed by atoms with Gasteiger partial charge in [0.25, 0.3) is 0 Å². The zero-order chi connectivity index (χ0) is 14.2. The van der Waals surface area contributed by atoms with Crippen LogP contribution in [0.5, 0.6) is 0 Å². The van der Waals surface area contributed by atoms with Gasteiger partial charge in [0.15, 0.2) is 5.65 Å². The summed E-state index contributed by atoms with van der Waals surface area (Å²) in [6.45, 7) is 2.14. The highest BCUT2D eigenvalue weighted by Crippen LogP contribution is 2.28. The van der Waals surface area contributed by atoms with E-state index >= 15 is 0 Å². The Morgan fingerprint density at radius 3 is 2.90 bits per heavy atom. The number of aromatic amines is 2. The van der Waals surface area contributed by atoms with Gasteiger partial charge >= 0.3 is 5.69 Å². The summed E-state index contributed by atoms with van der Waals surface area (Å²) >= 11 is 0. The summed E-state index contributed by atoms with van der Waals surface area (Å²) in [5.74, 6) is 0. The molecule has 0 spiro atoms. The molecule has 6 heteroatoms. The molecule has 0 aliphatic carbocycles. The van der Waals surface area contributed by atoms with Gasteiger partial charge in [0.05, 0.1) is 5.52 Å². The van der Waals surface area contributed by atoms with Crippen molar-refractivity contribution in [3.63, 3.8) is 0 Å². The van der Waals surface area contributed by atoms with Crippen molar-refractivity contribution in [2.45, 2.75) is 18.9 Å². The standard InChI is InChI=1S/C15H17N5O/c21-15-18-13-12(3-7-17-14(13)19-15)10-4-8-20(9-10)11-1-5-16-6-2-11/h3-4,7-9,11,16H,1-2,5-6H2,(H2,17,18,19,21). The van der Waals surface area contributed by atoms with Crippen molar-refractivity contribution in [3.8, 4) is 11.1 Å². The van der Waals surface area contributed by atoms with E-state index in [1.807, 2.05) is 6.07 Å². The summed E-state index contributed by atoms with van der Waals surface area (Å²) in [6.07, 6.45) is 8.32. The van der Waals surface area contributed by atoms with Gasteiger partial charge in [-0.1, -0.05) is 0 Å². The second-order valence-corrected chi connectivity index (χ2v) is 5.49. The molecule has 1 fully saturated rings. The number of nitrogens with one attached hydrogen (secondary N) is 3. The topological polar surface area (TPSA) is 78.5 Å². The van der Waals surface area contributed by atoms with E-state index in [2.05, 4.69) is 43.3 Å². The smallest absolute Gasteiger partial charge is 0.325 e. The summed E-state index contributed by atoms with van der Waals surface area (Å²) in [6, 6.07) is 4.60. The molecule has 4 rings (SSSR count). The highest BCUT2D eigenvalue weighted by Gasteiger charge is 2.15. The first-order chi connectivity index (χ1) is 10.3. The number of fused-ring (bicyclic) bond motifs is 1. The molecule has 1 aliphatic heterocycles. The fourth-order valence-corrected chi connectivity index (χ4v) is 3.08. The van der Waals surface area contributed by atoms with Crippen molar-refractivity contribution in [1.82, 2.24) is 24.8 Å². The SMILES string of the molecule is O=c1[nH]c2nccc(-c3ccn(C4CCNCC4)c3)c2[nH]1. The zero-order valence-corrected chi connectivity index (χ0v) is 11.6. The average Bonchev–Trinajstić information content (AvgIpc) is 3.13. The lowest BCUT2D eigenvalue weighted by Gasteiger charge is -2.24. The number of rotatable bonds is 2. The van der Waals surface area contributed by atoms with Crippen LogP contribution >= 0.6 is 0 Å². The average molecular weight is 283 g/mol. The zero-order valence-electron chi connectivity index (χ0n) is 11.6. The predicted octanol–water partition coefficient (Wildman–Crippen LogP) is 1.64. The lowest BCUT2D eigenvalue weighted by atomic mass is 10.1. The molecule has 0 bridgehead atoms. The molecule has 6 nitrogen and oxygen atoms in total. The van der Waals surface area contributed by atoms with Crippen molar-refractivity contribution >= 4 is 11.2 Å². The Morgan fingerprint density at radius 2 is 2.05 bits per heavy atom. The number of imidazole rings is 1. The third kappa shape index (κ3) is 2.17. The van der Waals surface area contributed by atoms with Crippen molar-refractivity contribution < 1.29 is 0 Å². The molecule has 108 valence electrons. The van der Waals surface area contributed by atoms with Crippen LogP contribution in [0.1, 0.15) is 18.9 Å². The summed E-state index contributed by atoms with van der Waals surface area (Å²) in [7, 11) is 0. The minimum atomic E-state index is -0.220. The van der Waals surface area contributed by atoms with Gasteiger partial charge in [-0.25, -0.2) is 9.78 Å². The van der Waals surface area contributed by atoms with Crippen LogP contribution < -0.4 is 11.0 Å². The number of H-pyrrole nitrogens is 2. The highest BCUT2D eigenvalue weighted by molar-refractivity contribution is 5.89. The van der Waals surface area contributed by atoms with Crippen LogP contribution in [-0.4, -0.2) is 32.6 Å². The molecule has 1 saturated heterocycles. The van der Waals surface area contributed by atoms with Crippen LogP contribution in [0.2, 0.25) is 0 Å². The number of hydrogen-bond donors (Lipinski definition) is 3. The molecule has 0 aromatic carbocycles. The predicted molar refractivity (Wildman–Crippen MR) is 81.3 cm³/mol. The quantitative estimate of drug-likeness (QED) is 0.669. The van der Waals surface area contributed by atoms with E-state index in [-0.39, 0.29) is 5.69 Å². The van der Waals surface area contributed by atoms with Crippen LogP contribution in [0.4, 0.5) is 0 Å². The molecular weight excluding hydrogens is 266 g/mol. The van der Waals surface area contributed by atoms with Crippen LogP contribution in [0.25, 0.3) is 22.3 Å². The minimum Gasteiger partial charge on any atom is -0.351 e. The Bertz CT molecular complexity index is 822. The van der Waals surface area contributed by atoms with Gasteiger partial charge in [-0.3, -0.25) is 4.98 Å². The first-order valence-electron chi connectivity index (χ1n) is 7.27. The number of hydrogen-bond acceptors (Lipinski definition) is 3. The summed E-state index contributed by atoms with van der Waals surface area (Å²) in [5.41, 5.74) is 3.27. The Morgan fingerprint density at radius 1 is 1.19 bits per heavy atom. The Labute approximate surface area is 121 Å². The maximum Gasteiger partial charge on any atom is 0.325 e. The first kappa shape index (κ1) is 12.4. The molecule has 1 aliphatic rings. The molecule has 3 N–H and O–H groups in total. The van der Waals surface area contributed by atoms with Crippen molar-refractivity contribution in [2.75, 3.05) is 13.1 Å². The Kier molecular flexibility index (Phi) is 2.89. The molecule has 0 atom stereocenters. The lowest BCUT2D eigenvalue weighted by Crippen LogP contribution is -2.28. The highest BCUT2D eigenvalue weighted by atomic mass is 16.1. The van der Waals surface area contributed by atoms with Gasteiger partial charge in [0.1, 0.15) is 0 Å². The van der Waals surface area contributed by atoms with Crippen LogP contribution in [0.3, 0.4) is 0 Å². The number of pyridine rings is 1. The van der Waals surface area contributed by atoms with E-state index in [0.717, 1.165) is 42.6 Å². The van der Waals surface area contributed by atoms with Gasteiger partial charge in [0.2, 0.25) is 0 Å². The third-order valence-corrected chi connectivity index (χ3v) is 4.18. The number of nitrogens with zero attached hydrogens (tertiary/aromatic N) is 2. The molecule has 3 aromatic rings. The van der Waals surface area contributed by atoms with E-state index < -0.39 is 0 Å². The molecule has 21 heavy (non-hydrogen) atoms. The lowest BCUT2D eigenvalue weighted by molar-refractivity contribution is 0.369. The maximum absolute atomic E-state index is 11.5. The second kappa shape index (κ2) is 4.89. The van der Waals surface area contributed by atoms with E-state index in [4.69, 9.17) is 0 Å². The Hall–Kier alpha value is -2.34. The van der Waals surface area contributed by atoms with Crippen LogP contribution in [0, 0.1) is 0 Å². The van der Waals surface area contributed by atoms with Gasteiger partial charge < -0.3 is 14.9 Å². The monoisotopic (exact) mass is 283 g/mol. The van der Waals surface area contributed by atoms with Gasteiger partial charge in [-0.05, 0) is 38.1 Å². The number of aromatic nitrogens is 4. The fraction of sp³-hybridized carbons (Fsp3) is 0.333. The third-order valence-electron chi connectivity index (χ3n) is 4.18. The second-order valence-electron chi connectivity index (χ2n) is 5.49. The molecule has 0 saturated carbocycles. The summed E-state index contributed by atoms with van der Waals surface area (Å²) in [5, 5.41) is 3.38. The normalized spacial score (nSPS) is 16.6. The number of piperidine rings is 1. The van der Waals surface area contributed by atoms with Crippen LogP contribution in [-0.2, 0) is 0 Å². The first-order valence-corrected chi connectivity index (χ1v) is 7.27. The summed E-state index contributed by atoms with van der Waals surface area (Å²) in [4.78, 5) is 21.2. The molecule has 0 amide bonds. The minimum absolute atomic E-state index is 0.220. The van der Waals surface area contributed by atoms with E-state index in [0.29, 0.717) is 11.7 Å². The van der Waals surface area contributed by atoms with Gasteiger partial charge in [-0.2, -0.15) is 0 Å². The molecule has 0 unspecified atom stereocenters. The van der Waals surface area contributed by atoms with E-state index in [1.54, 1.807) is 6.20 Å². The van der Waals surface area contributed by atoms with Crippen LogP contribution in [0.15, 0.2) is 35.5 Å². The van der Waals surface area contributed by atoms with E-state index in [9.17, 15) is 4.79 Å². The molecule has 3 aromatic heterocycles. The maximum atomic E-state index is 11.5. The van der Waals surface area contributed by atoms with E-state index in [1.165, 1.54) is 0 Å². The van der Waals surface area contributed by atoms with Gasteiger partial charge in [-0.15, -0.1) is 0 Å². The Balaban J connectivity index is 1.75. The van der Waals surface area contributed by atoms with Crippen molar-refractivity contribution in [1.29, 1.82) is 0 Å². The van der Waals surface area contributed by atoms with Crippen molar-refractivity contribution in [3.05, 3.63) is 41.2 Å². The molecular formula is C15H17N5O.